The lowest BCUT2D eigenvalue weighted by Gasteiger charge is -2.09. The Morgan fingerprint density at radius 1 is 1.62 bits per heavy atom. The molecule has 1 fully saturated rings. The highest BCUT2D eigenvalue weighted by Gasteiger charge is 2.30. The zero-order valence-electron chi connectivity index (χ0n) is 9.27. The second-order valence-corrected chi connectivity index (χ2v) is 7.58. The van der Waals surface area contributed by atoms with Gasteiger partial charge in [0, 0.05) is 18.5 Å². The fourth-order valence-electron chi connectivity index (χ4n) is 1.94. The highest BCUT2D eigenvalue weighted by Crippen LogP contribution is 2.19. The molecule has 2 rings (SSSR count). The number of hydrogen-bond donors (Lipinski definition) is 1. The van der Waals surface area contributed by atoms with Crippen molar-refractivity contribution in [2.24, 2.45) is 0 Å². The number of aryl methyl sites for hydroxylation is 1. The van der Waals surface area contributed by atoms with Crippen molar-refractivity contribution in [2.45, 2.75) is 31.6 Å². The van der Waals surface area contributed by atoms with Crippen molar-refractivity contribution in [1.29, 1.82) is 0 Å². The van der Waals surface area contributed by atoms with Crippen LogP contribution >= 0.6 is 11.3 Å². The van der Waals surface area contributed by atoms with E-state index in [-0.39, 0.29) is 5.25 Å². The number of nitrogens with one attached hydrogen (secondary N) is 1. The van der Waals surface area contributed by atoms with Crippen molar-refractivity contribution in [2.75, 3.05) is 12.3 Å². The lowest BCUT2D eigenvalue weighted by molar-refractivity contribution is 0.572. The average Bonchev–Trinajstić information content (AvgIpc) is 2.74. The van der Waals surface area contributed by atoms with Crippen LogP contribution in [0.1, 0.15) is 23.5 Å². The molecule has 0 saturated carbocycles. The second-order valence-electron chi connectivity index (χ2n) is 4.12. The number of aromatic nitrogens is 1. The molecule has 4 nitrogen and oxygen atoms in total. The van der Waals surface area contributed by atoms with E-state index in [0.29, 0.717) is 18.8 Å². The zero-order chi connectivity index (χ0) is 11.6. The fourth-order valence-corrected chi connectivity index (χ4v) is 4.35. The molecular weight excluding hydrogens is 244 g/mol. The first-order valence-corrected chi connectivity index (χ1v) is 8.01. The summed E-state index contributed by atoms with van der Waals surface area (Å²) in [4.78, 5) is 4.32. The molecular formula is C10H16N2O2S2. The summed E-state index contributed by atoms with van der Waals surface area (Å²) in [6, 6.07) is 0. The van der Waals surface area contributed by atoms with Crippen LogP contribution in [0, 0.1) is 6.92 Å². The largest absolute Gasteiger partial charge is 0.310 e. The van der Waals surface area contributed by atoms with Crippen LogP contribution in [0.2, 0.25) is 0 Å². The van der Waals surface area contributed by atoms with Crippen molar-refractivity contribution in [3.63, 3.8) is 0 Å². The van der Waals surface area contributed by atoms with Gasteiger partial charge in [-0.15, -0.1) is 11.3 Å². The van der Waals surface area contributed by atoms with Gasteiger partial charge in [-0.1, -0.05) is 0 Å². The van der Waals surface area contributed by atoms with Crippen molar-refractivity contribution in [1.82, 2.24) is 10.3 Å². The monoisotopic (exact) mass is 260 g/mol. The van der Waals surface area contributed by atoms with E-state index in [4.69, 9.17) is 0 Å². The first-order valence-electron chi connectivity index (χ1n) is 5.41. The summed E-state index contributed by atoms with van der Waals surface area (Å²) in [5.74, 6) is 0.356. The van der Waals surface area contributed by atoms with E-state index in [1.54, 1.807) is 11.3 Å². The molecule has 1 aliphatic rings. The number of thiazole rings is 1. The van der Waals surface area contributed by atoms with Crippen LogP contribution in [0.5, 0.6) is 0 Å². The van der Waals surface area contributed by atoms with Crippen molar-refractivity contribution in [3.05, 3.63) is 16.1 Å². The van der Waals surface area contributed by atoms with Crippen LogP contribution < -0.4 is 5.32 Å². The van der Waals surface area contributed by atoms with Gasteiger partial charge < -0.3 is 5.32 Å². The van der Waals surface area contributed by atoms with Gasteiger partial charge in [0.25, 0.3) is 0 Å². The maximum atomic E-state index is 11.6. The van der Waals surface area contributed by atoms with Gasteiger partial charge >= 0.3 is 0 Å². The molecule has 6 heteroatoms. The number of rotatable bonds is 4. The first-order chi connectivity index (χ1) is 7.58. The first kappa shape index (κ1) is 12.0. The maximum Gasteiger partial charge on any atom is 0.154 e. The molecule has 1 unspecified atom stereocenters. The Morgan fingerprint density at radius 3 is 3.00 bits per heavy atom. The summed E-state index contributed by atoms with van der Waals surface area (Å²) in [6.07, 6.45) is 1.61. The van der Waals surface area contributed by atoms with Crippen LogP contribution in [0.4, 0.5) is 0 Å². The maximum absolute atomic E-state index is 11.6. The molecule has 0 radical (unpaired) electrons. The van der Waals surface area contributed by atoms with E-state index < -0.39 is 9.84 Å². The van der Waals surface area contributed by atoms with E-state index in [2.05, 4.69) is 10.3 Å². The van der Waals surface area contributed by atoms with Gasteiger partial charge in [-0.3, -0.25) is 0 Å². The van der Waals surface area contributed by atoms with Crippen molar-refractivity contribution >= 4 is 21.2 Å². The van der Waals surface area contributed by atoms with Crippen LogP contribution in [0.15, 0.2) is 5.38 Å². The molecule has 1 saturated heterocycles. The SMILES string of the molecule is Cc1nc(CNCC2CCCS2(=O)=O)cs1. The van der Waals surface area contributed by atoms with Crippen LogP contribution in [-0.2, 0) is 16.4 Å². The molecule has 1 aliphatic heterocycles. The summed E-state index contributed by atoms with van der Waals surface area (Å²) in [5.41, 5.74) is 0.998. The normalized spacial score (nSPS) is 23.7. The zero-order valence-corrected chi connectivity index (χ0v) is 10.9. The molecule has 1 atom stereocenters. The van der Waals surface area contributed by atoms with Gasteiger partial charge in [-0.25, -0.2) is 13.4 Å². The Kier molecular flexibility index (Phi) is 3.61. The topological polar surface area (TPSA) is 59.1 Å². The van der Waals surface area contributed by atoms with Gasteiger partial charge in [0.1, 0.15) is 0 Å². The summed E-state index contributed by atoms with van der Waals surface area (Å²) in [7, 11) is -2.82. The fraction of sp³-hybridized carbons (Fsp3) is 0.700. The minimum absolute atomic E-state index is 0.188. The Labute approximate surface area is 100 Å². The van der Waals surface area contributed by atoms with E-state index >= 15 is 0 Å². The molecule has 0 spiro atoms. The molecule has 0 amide bonds. The number of nitrogens with zero attached hydrogens (tertiary/aromatic N) is 1. The van der Waals surface area contributed by atoms with Gasteiger partial charge in [-0.2, -0.15) is 0 Å². The molecule has 16 heavy (non-hydrogen) atoms. The number of sulfone groups is 1. The highest BCUT2D eigenvalue weighted by molar-refractivity contribution is 7.92. The van der Waals surface area contributed by atoms with E-state index in [9.17, 15) is 8.42 Å². The Balaban J connectivity index is 1.80. The smallest absolute Gasteiger partial charge is 0.154 e. The minimum atomic E-state index is -2.82. The molecule has 1 aromatic heterocycles. The predicted molar refractivity (Wildman–Crippen MR) is 65.4 cm³/mol. The Morgan fingerprint density at radius 2 is 2.44 bits per heavy atom. The van der Waals surface area contributed by atoms with E-state index in [1.165, 1.54) is 0 Å². The van der Waals surface area contributed by atoms with Crippen LogP contribution in [0.3, 0.4) is 0 Å². The molecule has 2 heterocycles. The summed E-state index contributed by atoms with van der Waals surface area (Å²) in [6.45, 7) is 3.19. The number of hydrogen-bond acceptors (Lipinski definition) is 5. The minimum Gasteiger partial charge on any atom is -0.310 e. The molecule has 1 aromatic rings. The van der Waals surface area contributed by atoms with Gasteiger partial charge in [0.15, 0.2) is 9.84 Å². The van der Waals surface area contributed by atoms with E-state index in [0.717, 1.165) is 23.5 Å². The average molecular weight is 260 g/mol. The standard InChI is InChI=1S/C10H16N2O2S2/c1-8-12-9(7-15-8)5-11-6-10-3-2-4-16(10,13)14/h7,10-11H,2-6H2,1H3. The third-order valence-electron chi connectivity index (χ3n) is 2.81. The van der Waals surface area contributed by atoms with Crippen molar-refractivity contribution in [3.8, 4) is 0 Å². The van der Waals surface area contributed by atoms with Crippen molar-refractivity contribution < 1.29 is 8.42 Å². The van der Waals surface area contributed by atoms with Gasteiger partial charge in [0.2, 0.25) is 0 Å². The Hall–Kier alpha value is -0.460. The lowest BCUT2D eigenvalue weighted by Crippen LogP contribution is -2.30. The summed E-state index contributed by atoms with van der Waals surface area (Å²) < 4.78 is 23.1. The predicted octanol–water partition coefficient (Wildman–Crippen LogP) is 1.12. The molecule has 1 N–H and O–H groups in total. The molecule has 90 valence electrons. The van der Waals surface area contributed by atoms with Gasteiger partial charge in [-0.05, 0) is 19.8 Å². The second kappa shape index (κ2) is 4.81. The van der Waals surface area contributed by atoms with Gasteiger partial charge in [0.05, 0.1) is 21.7 Å². The highest BCUT2D eigenvalue weighted by atomic mass is 32.2. The van der Waals surface area contributed by atoms with Crippen LogP contribution in [-0.4, -0.2) is 30.9 Å². The van der Waals surface area contributed by atoms with Crippen LogP contribution in [0.25, 0.3) is 0 Å². The lowest BCUT2D eigenvalue weighted by atomic mass is 10.2. The molecule has 0 bridgehead atoms. The van der Waals surface area contributed by atoms with E-state index in [1.807, 2.05) is 12.3 Å². The molecule has 0 aromatic carbocycles. The quantitative estimate of drug-likeness (QED) is 0.881. The third-order valence-corrected chi connectivity index (χ3v) is 5.91. The molecule has 0 aliphatic carbocycles. The summed E-state index contributed by atoms with van der Waals surface area (Å²) in [5, 5.41) is 6.04. The summed E-state index contributed by atoms with van der Waals surface area (Å²) >= 11 is 1.62. The third kappa shape index (κ3) is 2.81. The Bertz CT molecular complexity index is 453.